The smallest absolute Gasteiger partial charge is 0.261 e. The summed E-state index contributed by atoms with van der Waals surface area (Å²) in [6.45, 7) is 1.40. The van der Waals surface area contributed by atoms with Crippen molar-refractivity contribution in [2.75, 3.05) is 31.0 Å². The molecule has 0 bridgehead atoms. The second-order valence-electron chi connectivity index (χ2n) is 8.65. The fraction of sp³-hybridized carbons (Fsp3) is 0.269. The zero-order chi connectivity index (χ0) is 27.2. The number of hydrogen-bond donors (Lipinski definition) is 2. The van der Waals surface area contributed by atoms with Crippen LogP contribution in [0.3, 0.4) is 0 Å². The van der Waals surface area contributed by atoms with Crippen LogP contribution >= 0.6 is 11.6 Å². The monoisotopic (exact) mass is 577 g/mol. The predicted octanol–water partition coefficient (Wildman–Crippen LogP) is 4.12. The largest absolute Gasteiger partial charge is 0.492 e. The standard InChI is InChI=1S/C26H28ClN3O6S2/c27-25-19-20(29-37(32,33)22-7-3-1-4-8-22)9-14-24(25)26(31)28-15-18-36-21-10-12-23(13-11-21)38(34,35)30-16-5-2-6-17-30/h1,3-4,7-14,19,29H,2,5-6,15-18H2,(H,28,31). The van der Waals surface area contributed by atoms with Gasteiger partial charge < -0.3 is 10.1 Å². The fourth-order valence-corrected chi connectivity index (χ4v) is 6.82. The molecule has 0 unspecified atom stereocenters. The van der Waals surface area contributed by atoms with E-state index in [0.29, 0.717) is 18.8 Å². The van der Waals surface area contributed by atoms with E-state index in [1.807, 2.05) is 0 Å². The second-order valence-corrected chi connectivity index (χ2v) is 12.7. The summed E-state index contributed by atoms with van der Waals surface area (Å²) in [7, 11) is -7.29. The number of benzene rings is 3. The third-order valence-electron chi connectivity index (χ3n) is 5.95. The molecule has 1 heterocycles. The molecule has 1 aliphatic heterocycles. The van der Waals surface area contributed by atoms with Gasteiger partial charge in [-0.15, -0.1) is 0 Å². The zero-order valence-corrected chi connectivity index (χ0v) is 22.9. The van der Waals surface area contributed by atoms with E-state index in [4.69, 9.17) is 16.3 Å². The van der Waals surface area contributed by atoms with Crippen LogP contribution in [-0.4, -0.2) is 53.3 Å². The van der Waals surface area contributed by atoms with Gasteiger partial charge in [-0.25, -0.2) is 16.8 Å². The van der Waals surface area contributed by atoms with Gasteiger partial charge in [-0.3, -0.25) is 9.52 Å². The number of amides is 1. The van der Waals surface area contributed by atoms with Crippen LogP contribution in [-0.2, 0) is 20.0 Å². The molecule has 3 aromatic carbocycles. The van der Waals surface area contributed by atoms with Crippen LogP contribution in [0.5, 0.6) is 5.75 Å². The highest BCUT2D eigenvalue weighted by atomic mass is 35.5. The summed E-state index contributed by atoms with van der Waals surface area (Å²) < 4.78 is 60.0. The molecule has 1 saturated heterocycles. The molecule has 4 rings (SSSR count). The lowest BCUT2D eigenvalue weighted by atomic mass is 10.2. The minimum Gasteiger partial charge on any atom is -0.492 e. The van der Waals surface area contributed by atoms with Crippen molar-refractivity contribution in [3.8, 4) is 5.75 Å². The molecule has 0 atom stereocenters. The van der Waals surface area contributed by atoms with Crippen molar-refractivity contribution in [2.45, 2.75) is 29.1 Å². The molecule has 0 spiro atoms. The third-order valence-corrected chi connectivity index (χ3v) is 9.58. The summed E-state index contributed by atoms with van der Waals surface area (Å²) in [6, 6.07) is 18.4. The maximum atomic E-state index is 12.7. The summed E-state index contributed by atoms with van der Waals surface area (Å²) >= 11 is 6.24. The number of halogens is 1. The van der Waals surface area contributed by atoms with E-state index in [2.05, 4.69) is 10.0 Å². The van der Waals surface area contributed by atoms with E-state index < -0.39 is 26.0 Å². The Kier molecular flexibility index (Phi) is 8.93. The minimum absolute atomic E-state index is 0.0854. The lowest BCUT2D eigenvalue weighted by molar-refractivity contribution is 0.0947. The van der Waals surface area contributed by atoms with Gasteiger partial charge in [0.15, 0.2) is 0 Å². The molecule has 9 nitrogen and oxygen atoms in total. The Morgan fingerprint density at radius 2 is 1.55 bits per heavy atom. The van der Waals surface area contributed by atoms with E-state index in [1.54, 1.807) is 30.3 Å². The highest BCUT2D eigenvalue weighted by Crippen LogP contribution is 2.24. The van der Waals surface area contributed by atoms with Crippen molar-refractivity contribution in [3.05, 3.63) is 83.4 Å². The molecule has 3 aromatic rings. The Labute approximate surface area is 227 Å². The predicted molar refractivity (Wildman–Crippen MR) is 146 cm³/mol. The molecular formula is C26H28ClN3O6S2. The van der Waals surface area contributed by atoms with Crippen LogP contribution in [0.15, 0.2) is 82.6 Å². The summed E-state index contributed by atoms with van der Waals surface area (Å²) in [5.41, 5.74) is 0.408. The number of ether oxygens (including phenoxy) is 1. The highest BCUT2D eigenvalue weighted by molar-refractivity contribution is 7.92. The summed E-state index contributed by atoms with van der Waals surface area (Å²) in [5.74, 6) is 0.0315. The zero-order valence-electron chi connectivity index (χ0n) is 20.5. The quantitative estimate of drug-likeness (QED) is 0.350. The molecule has 1 fully saturated rings. The van der Waals surface area contributed by atoms with Gasteiger partial charge in [-0.05, 0) is 67.4 Å². The Morgan fingerprint density at radius 1 is 0.868 bits per heavy atom. The molecule has 2 N–H and O–H groups in total. The van der Waals surface area contributed by atoms with Gasteiger partial charge in [0, 0.05) is 13.1 Å². The van der Waals surface area contributed by atoms with Crippen molar-refractivity contribution in [3.63, 3.8) is 0 Å². The van der Waals surface area contributed by atoms with Crippen LogP contribution in [0.1, 0.15) is 29.6 Å². The van der Waals surface area contributed by atoms with E-state index in [-0.39, 0.29) is 39.2 Å². The Balaban J connectivity index is 1.27. The first kappa shape index (κ1) is 27.9. The van der Waals surface area contributed by atoms with E-state index >= 15 is 0 Å². The van der Waals surface area contributed by atoms with Crippen molar-refractivity contribution in [1.82, 2.24) is 9.62 Å². The van der Waals surface area contributed by atoms with Gasteiger partial charge in [-0.1, -0.05) is 36.2 Å². The molecule has 1 amide bonds. The van der Waals surface area contributed by atoms with Gasteiger partial charge >= 0.3 is 0 Å². The van der Waals surface area contributed by atoms with Crippen molar-refractivity contribution in [2.24, 2.45) is 0 Å². The summed E-state index contributed by atoms with van der Waals surface area (Å²) in [6.07, 6.45) is 2.78. The van der Waals surface area contributed by atoms with Crippen LogP contribution in [0, 0.1) is 0 Å². The Bertz CT molecular complexity index is 1480. The molecule has 1 aliphatic rings. The lowest BCUT2D eigenvalue weighted by Gasteiger charge is -2.25. The molecule has 0 saturated carbocycles. The van der Waals surface area contributed by atoms with Crippen LogP contribution < -0.4 is 14.8 Å². The number of anilines is 1. The topological polar surface area (TPSA) is 122 Å². The number of nitrogens with one attached hydrogen (secondary N) is 2. The molecule has 12 heteroatoms. The number of nitrogens with zero attached hydrogens (tertiary/aromatic N) is 1. The van der Waals surface area contributed by atoms with Crippen molar-refractivity contribution < 1.29 is 26.4 Å². The average Bonchev–Trinajstić information content (AvgIpc) is 2.92. The minimum atomic E-state index is -3.79. The normalized spacial score (nSPS) is 14.6. The SMILES string of the molecule is O=C(NCCOc1ccc(S(=O)(=O)N2CCCCC2)cc1)c1ccc(NS(=O)(=O)c2ccccc2)cc1Cl. The molecule has 0 aliphatic carbocycles. The first-order valence-corrected chi connectivity index (χ1v) is 15.4. The van der Waals surface area contributed by atoms with Crippen LogP contribution in [0.25, 0.3) is 0 Å². The first-order valence-electron chi connectivity index (χ1n) is 12.1. The summed E-state index contributed by atoms with van der Waals surface area (Å²) in [4.78, 5) is 12.9. The van der Waals surface area contributed by atoms with Gasteiger partial charge in [0.1, 0.15) is 12.4 Å². The molecule has 38 heavy (non-hydrogen) atoms. The summed E-state index contributed by atoms with van der Waals surface area (Å²) in [5, 5.41) is 2.78. The van der Waals surface area contributed by atoms with Gasteiger partial charge in [0.25, 0.3) is 15.9 Å². The number of carbonyl (C=O) groups excluding carboxylic acids is 1. The molecule has 0 aromatic heterocycles. The number of rotatable bonds is 10. The fourth-order valence-electron chi connectivity index (χ4n) is 3.97. The Morgan fingerprint density at radius 3 is 2.21 bits per heavy atom. The number of sulfonamides is 2. The van der Waals surface area contributed by atoms with Gasteiger partial charge in [0.05, 0.1) is 32.6 Å². The van der Waals surface area contributed by atoms with E-state index in [9.17, 15) is 21.6 Å². The first-order chi connectivity index (χ1) is 18.2. The second kappa shape index (κ2) is 12.2. The van der Waals surface area contributed by atoms with Crippen LogP contribution in [0.4, 0.5) is 5.69 Å². The Hall–Kier alpha value is -3.12. The highest BCUT2D eigenvalue weighted by Gasteiger charge is 2.25. The maximum Gasteiger partial charge on any atom is 0.261 e. The average molecular weight is 578 g/mol. The van der Waals surface area contributed by atoms with Crippen molar-refractivity contribution in [1.29, 1.82) is 0 Å². The van der Waals surface area contributed by atoms with E-state index in [0.717, 1.165) is 19.3 Å². The maximum absolute atomic E-state index is 12.7. The van der Waals surface area contributed by atoms with Crippen molar-refractivity contribution >= 4 is 43.2 Å². The molecule has 0 radical (unpaired) electrons. The van der Waals surface area contributed by atoms with Crippen LogP contribution in [0.2, 0.25) is 5.02 Å². The number of carbonyl (C=O) groups is 1. The number of piperidine rings is 1. The third kappa shape index (κ3) is 6.84. The van der Waals surface area contributed by atoms with E-state index in [1.165, 1.54) is 46.8 Å². The molecular weight excluding hydrogens is 550 g/mol. The molecule has 202 valence electrons. The van der Waals surface area contributed by atoms with Gasteiger partial charge in [0.2, 0.25) is 10.0 Å². The number of hydrogen-bond acceptors (Lipinski definition) is 6. The van der Waals surface area contributed by atoms with Gasteiger partial charge in [-0.2, -0.15) is 4.31 Å². The lowest BCUT2D eigenvalue weighted by Crippen LogP contribution is -2.35.